The Morgan fingerprint density at radius 2 is 2.11 bits per heavy atom. The lowest BCUT2D eigenvalue weighted by Crippen LogP contribution is -2.22. The van der Waals surface area contributed by atoms with Crippen molar-refractivity contribution in [3.8, 4) is 0 Å². The normalized spacial score (nSPS) is 11.6. The van der Waals surface area contributed by atoms with Gasteiger partial charge in [-0.15, -0.1) is 11.3 Å². The summed E-state index contributed by atoms with van der Waals surface area (Å²) in [4.78, 5) is 9.66. The summed E-state index contributed by atoms with van der Waals surface area (Å²) in [5.41, 5.74) is 12.2. The first-order valence-electron chi connectivity index (χ1n) is 6.09. The molecule has 0 atom stereocenters. The predicted octanol–water partition coefficient (Wildman–Crippen LogP) is 3.00. The molecule has 2 rings (SSSR count). The molecule has 0 amide bonds. The van der Waals surface area contributed by atoms with E-state index in [4.69, 9.17) is 5.73 Å². The van der Waals surface area contributed by atoms with Gasteiger partial charge in [0.1, 0.15) is 0 Å². The van der Waals surface area contributed by atoms with E-state index in [0.717, 1.165) is 16.3 Å². The van der Waals surface area contributed by atoms with Crippen LogP contribution in [-0.2, 0) is 6.54 Å². The van der Waals surface area contributed by atoms with Gasteiger partial charge in [0.25, 0.3) is 0 Å². The number of aromatic nitrogens is 1. The van der Waals surface area contributed by atoms with E-state index in [-0.39, 0.29) is 0 Å². The maximum atomic E-state index is 5.88. The summed E-state index contributed by atoms with van der Waals surface area (Å²) in [6.45, 7) is 6.71. The fourth-order valence-corrected chi connectivity index (χ4v) is 2.34. The zero-order valence-corrected chi connectivity index (χ0v) is 12.2. The summed E-state index contributed by atoms with van der Waals surface area (Å²) >= 11 is 1.60. The number of benzene rings is 1. The van der Waals surface area contributed by atoms with Gasteiger partial charge in [0, 0.05) is 10.6 Å². The monoisotopic (exact) mass is 274 g/mol. The molecule has 2 aromatic rings. The van der Waals surface area contributed by atoms with Gasteiger partial charge in [-0.05, 0) is 44.0 Å². The van der Waals surface area contributed by atoms with Crippen LogP contribution in [0.3, 0.4) is 0 Å². The first-order valence-corrected chi connectivity index (χ1v) is 6.97. The van der Waals surface area contributed by atoms with Crippen LogP contribution in [0.5, 0.6) is 0 Å². The minimum absolute atomic E-state index is 0.427. The summed E-state index contributed by atoms with van der Waals surface area (Å²) < 4.78 is 0. The second kappa shape index (κ2) is 5.84. The maximum Gasteiger partial charge on any atom is 0.193 e. The molecule has 0 saturated heterocycles. The van der Waals surface area contributed by atoms with Crippen molar-refractivity contribution in [2.75, 3.05) is 5.32 Å². The number of aryl methyl sites for hydroxylation is 3. The Kier molecular flexibility index (Phi) is 4.16. The Morgan fingerprint density at radius 1 is 1.32 bits per heavy atom. The summed E-state index contributed by atoms with van der Waals surface area (Å²) in [6.07, 6.45) is 0. The molecular formula is C14H18N4S. The molecule has 1 heterocycles. The Balaban J connectivity index is 2.02. The van der Waals surface area contributed by atoms with Crippen LogP contribution in [0, 0.1) is 20.8 Å². The highest BCUT2D eigenvalue weighted by molar-refractivity contribution is 7.09. The number of nitrogens with one attached hydrogen (secondary N) is 1. The molecule has 0 aliphatic heterocycles. The first kappa shape index (κ1) is 13.5. The quantitative estimate of drug-likeness (QED) is 0.668. The number of rotatable bonds is 3. The van der Waals surface area contributed by atoms with Crippen molar-refractivity contribution in [2.24, 2.45) is 10.7 Å². The average Bonchev–Trinajstić information content (AvgIpc) is 2.77. The van der Waals surface area contributed by atoms with E-state index in [1.807, 2.05) is 18.5 Å². The third kappa shape index (κ3) is 3.54. The van der Waals surface area contributed by atoms with Gasteiger partial charge in [-0.25, -0.2) is 9.98 Å². The molecule has 4 nitrogen and oxygen atoms in total. The molecule has 0 radical (unpaired) electrons. The molecule has 1 aromatic heterocycles. The molecule has 0 bridgehead atoms. The van der Waals surface area contributed by atoms with Crippen molar-refractivity contribution in [1.29, 1.82) is 0 Å². The van der Waals surface area contributed by atoms with Crippen molar-refractivity contribution < 1.29 is 0 Å². The summed E-state index contributed by atoms with van der Waals surface area (Å²) in [6, 6.07) is 6.14. The largest absolute Gasteiger partial charge is 0.370 e. The van der Waals surface area contributed by atoms with E-state index in [1.165, 1.54) is 11.1 Å². The van der Waals surface area contributed by atoms with E-state index in [0.29, 0.717) is 12.5 Å². The van der Waals surface area contributed by atoms with Crippen molar-refractivity contribution in [3.63, 3.8) is 0 Å². The van der Waals surface area contributed by atoms with E-state index < -0.39 is 0 Å². The predicted molar refractivity (Wildman–Crippen MR) is 81.7 cm³/mol. The van der Waals surface area contributed by atoms with Gasteiger partial charge < -0.3 is 11.1 Å². The maximum absolute atomic E-state index is 5.88. The van der Waals surface area contributed by atoms with Crippen LogP contribution in [0.15, 0.2) is 28.7 Å². The molecular weight excluding hydrogens is 256 g/mol. The van der Waals surface area contributed by atoms with Gasteiger partial charge in [0.05, 0.1) is 17.7 Å². The lowest BCUT2D eigenvalue weighted by molar-refractivity contribution is 1.05. The highest BCUT2D eigenvalue weighted by Gasteiger charge is 2.01. The second-order valence-corrected chi connectivity index (χ2v) is 5.43. The molecule has 0 aliphatic carbocycles. The van der Waals surface area contributed by atoms with Gasteiger partial charge in [-0.1, -0.05) is 6.07 Å². The SMILES string of the molecule is Cc1ccc(NC(N)=NCc2scnc2C)cc1C. The van der Waals surface area contributed by atoms with E-state index >= 15 is 0 Å². The van der Waals surface area contributed by atoms with Crippen LogP contribution >= 0.6 is 11.3 Å². The first-order chi connectivity index (χ1) is 9.06. The minimum atomic E-state index is 0.427. The molecule has 0 spiro atoms. The zero-order valence-electron chi connectivity index (χ0n) is 11.4. The zero-order chi connectivity index (χ0) is 13.8. The summed E-state index contributed by atoms with van der Waals surface area (Å²) in [7, 11) is 0. The van der Waals surface area contributed by atoms with Crippen molar-refractivity contribution in [1.82, 2.24) is 4.98 Å². The van der Waals surface area contributed by atoms with Crippen molar-refractivity contribution in [3.05, 3.63) is 45.4 Å². The second-order valence-electron chi connectivity index (χ2n) is 4.49. The van der Waals surface area contributed by atoms with Crippen molar-refractivity contribution in [2.45, 2.75) is 27.3 Å². The molecule has 5 heteroatoms. The van der Waals surface area contributed by atoms with Gasteiger partial charge in [0.15, 0.2) is 5.96 Å². The molecule has 0 unspecified atom stereocenters. The molecule has 1 aromatic carbocycles. The number of nitrogens with two attached hydrogens (primary N) is 1. The summed E-state index contributed by atoms with van der Waals surface area (Å²) in [5.74, 6) is 0.427. The van der Waals surface area contributed by atoms with E-state index in [2.05, 4.69) is 41.3 Å². The molecule has 19 heavy (non-hydrogen) atoms. The lowest BCUT2D eigenvalue weighted by atomic mass is 10.1. The number of hydrogen-bond donors (Lipinski definition) is 2. The molecule has 0 aliphatic rings. The van der Waals surface area contributed by atoms with E-state index in [9.17, 15) is 0 Å². The highest BCUT2D eigenvalue weighted by atomic mass is 32.1. The van der Waals surface area contributed by atoms with Crippen LogP contribution in [0.4, 0.5) is 5.69 Å². The smallest absolute Gasteiger partial charge is 0.193 e. The van der Waals surface area contributed by atoms with Crippen LogP contribution in [-0.4, -0.2) is 10.9 Å². The Bertz CT molecular complexity index is 601. The number of nitrogens with zero attached hydrogens (tertiary/aromatic N) is 2. The third-order valence-electron chi connectivity index (χ3n) is 3.02. The highest BCUT2D eigenvalue weighted by Crippen LogP contribution is 2.15. The van der Waals surface area contributed by atoms with Gasteiger partial charge >= 0.3 is 0 Å². The number of anilines is 1. The van der Waals surface area contributed by atoms with Crippen LogP contribution in [0.25, 0.3) is 0 Å². The lowest BCUT2D eigenvalue weighted by Gasteiger charge is -2.07. The molecule has 100 valence electrons. The number of guanidine groups is 1. The Morgan fingerprint density at radius 3 is 2.74 bits per heavy atom. The topological polar surface area (TPSA) is 63.3 Å². The van der Waals surface area contributed by atoms with Crippen LogP contribution in [0.2, 0.25) is 0 Å². The molecule has 0 saturated carbocycles. The third-order valence-corrected chi connectivity index (χ3v) is 3.94. The van der Waals surface area contributed by atoms with Crippen LogP contribution < -0.4 is 11.1 Å². The number of aliphatic imine (C=N–C) groups is 1. The fourth-order valence-electron chi connectivity index (χ4n) is 1.64. The van der Waals surface area contributed by atoms with Gasteiger partial charge in [0.2, 0.25) is 0 Å². The minimum Gasteiger partial charge on any atom is -0.370 e. The van der Waals surface area contributed by atoms with E-state index in [1.54, 1.807) is 11.3 Å². The standard InChI is InChI=1S/C14H18N4S/c1-9-4-5-12(6-10(9)2)18-14(15)16-7-13-11(3)17-8-19-13/h4-6,8H,7H2,1-3H3,(H3,15,16,18). The number of hydrogen-bond acceptors (Lipinski definition) is 3. The average molecular weight is 274 g/mol. The van der Waals surface area contributed by atoms with Crippen LogP contribution in [0.1, 0.15) is 21.7 Å². The Labute approximate surface area is 117 Å². The van der Waals surface area contributed by atoms with Crippen molar-refractivity contribution >= 4 is 23.0 Å². The number of thiazole rings is 1. The Hall–Kier alpha value is -1.88. The molecule has 3 N–H and O–H groups in total. The molecule has 0 fully saturated rings. The van der Waals surface area contributed by atoms with Gasteiger partial charge in [-0.3, -0.25) is 0 Å². The van der Waals surface area contributed by atoms with Gasteiger partial charge in [-0.2, -0.15) is 0 Å². The fraction of sp³-hybridized carbons (Fsp3) is 0.286. The summed E-state index contributed by atoms with van der Waals surface area (Å²) in [5, 5.41) is 3.10.